The molecule has 1 unspecified atom stereocenters. The van der Waals surface area contributed by atoms with Crippen LogP contribution in [0.2, 0.25) is 0 Å². The number of pyridine rings is 1. The summed E-state index contributed by atoms with van der Waals surface area (Å²) < 4.78 is 30.2. The molecule has 0 aliphatic heterocycles. The zero-order valence-electron chi connectivity index (χ0n) is 11.3. The van der Waals surface area contributed by atoms with Gasteiger partial charge >= 0.3 is 0 Å². The van der Waals surface area contributed by atoms with E-state index < -0.39 is 9.84 Å². The van der Waals surface area contributed by atoms with Crippen LogP contribution in [0.4, 0.5) is 0 Å². The average molecular weight is 314 g/mol. The monoisotopic (exact) mass is 313 g/mol. The maximum atomic E-state index is 12.5. The summed E-state index contributed by atoms with van der Waals surface area (Å²) in [5.41, 5.74) is 0. The number of sulfone groups is 1. The lowest BCUT2D eigenvalue weighted by Crippen LogP contribution is -2.16. The van der Waals surface area contributed by atoms with E-state index in [1.165, 1.54) is 6.20 Å². The third-order valence-corrected chi connectivity index (χ3v) is 5.46. The molecule has 2 aromatic rings. The molecule has 0 saturated heterocycles. The zero-order valence-corrected chi connectivity index (χ0v) is 12.9. The summed E-state index contributed by atoms with van der Waals surface area (Å²) in [4.78, 5) is 4.05. The highest BCUT2D eigenvalue weighted by atomic mass is 35.5. The van der Waals surface area contributed by atoms with Gasteiger partial charge in [-0.25, -0.2) is 13.4 Å². The average Bonchev–Trinajstić information content (AvgIpc) is 2.45. The minimum atomic E-state index is -3.47. The number of nitrogens with zero attached hydrogens (tertiary/aromatic N) is 1. The van der Waals surface area contributed by atoms with Gasteiger partial charge in [-0.2, -0.15) is 0 Å². The first-order chi connectivity index (χ1) is 9.49. The molecule has 0 spiro atoms. The van der Waals surface area contributed by atoms with Crippen LogP contribution in [-0.4, -0.2) is 32.1 Å². The highest BCUT2D eigenvalue weighted by Gasteiger charge is 2.22. The molecule has 0 saturated carbocycles. The minimum Gasteiger partial charge on any atom is -0.496 e. The fourth-order valence-corrected chi connectivity index (χ4v) is 4.07. The quantitative estimate of drug-likeness (QED) is 0.796. The van der Waals surface area contributed by atoms with Gasteiger partial charge in [0.25, 0.3) is 0 Å². The summed E-state index contributed by atoms with van der Waals surface area (Å²) in [5, 5.41) is 1.40. The summed E-state index contributed by atoms with van der Waals surface area (Å²) in [6.45, 7) is 1.80. The van der Waals surface area contributed by atoms with Gasteiger partial charge in [0.2, 0.25) is 0 Å². The second-order valence-corrected chi connectivity index (χ2v) is 6.97. The number of ether oxygens (including phenoxy) is 1. The SMILES string of the molecule is COc1cccc2c(S(=O)(=O)CC(C)CCl)nccc12. The van der Waals surface area contributed by atoms with Crippen LogP contribution in [0.3, 0.4) is 0 Å². The van der Waals surface area contributed by atoms with E-state index in [9.17, 15) is 8.42 Å². The van der Waals surface area contributed by atoms with Crippen LogP contribution >= 0.6 is 11.6 Å². The molecular weight excluding hydrogens is 298 g/mol. The smallest absolute Gasteiger partial charge is 0.196 e. The molecule has 108 valence electrons. The topological polar surface area (TPSA) is 56.3 Å². The van der Waals surface area contributed by atoms with Crippen molar-refractivity contribution < 1.29 is 13.2 Å². The van der Waals surface area contributed by atoms with Crippen LogP contribution in [0.15, 0.2) is 35.5 Å². The molecule has 0 radical (unpaired) electrons. The lowest BCUT2D eigenvalue weighted by molar-refractivity contribution is 0.419. The molecule has 6 heteroatoms. The summed E-state index contributed by atoms with van der Waals surface area (Å²) >= 11 is 5.71. The van der Waals surface area contributed by atoms with Crippen LogP contribution in [0.5, 0.6) is 5.75 Å². The Bertz CT molecular complexity index is 715. The highest BCUT2D eigenvalue weighted by Crippen LogP contribution is 2.29. The third kappa shape index (κ3) is 2.88. The predicted octanol–water partition coefficient (Wildman–Crippen LogP) is 2.89. The van der Waals surface area contributed by atoms with Crippen LogP contribution in [0, 0.1) is 5.92 Å². The van der Waals surface area contributed by atoms with Crippen LogP contribution in [0.25, 0.3) is 10.8 Å². The number of rotatable bonds is 5. The molecule has 1 atom stereocenters. The molecule has 20 heavy (non-hydrogen) atoms. The van der Waals surface area contributed by atoms with E-state index in [0.29, 0.717) is 17.0 Å². The standard InChI is InChI=1S/C14H16ClNO3S/c1-10(8-15)9-20(17,18)14-12-4-3-5-13(19-2)11(12)6-7-16-14/h3-7,10H,8-9H2,1-2H3. The molecule has 0 N–H and O–H groups in total. The molecule has 2 rings (SSSR count). The van der Waals surface area contributed by atoms with Crippen LogP contribution in [-0.2, 0) is 9.84 Å². The number of hydrogen-bond acceptors (Lipinski definition) is 4. The van der Waals surface area contributed by atoms with E-state index in [0.717, 1.165) is 5.39 Å². The van der Waals surface area contributed by atoms with Gasteiger partial charge in [0.05, 0.1) is 12.9 Å². The van der Waals surface area contributed by atoms with E-state index in [1.807, 2.05) is 0 Å². The van der Waals surface area contributed by atoms with Crippen molar-refractivity contribution in [1.29, 1.82) is 0 Å². The van der Waals surface area contributed by atoms with Crippen molar-refractivity contribution in [2.24, 2.45) is 5.92 Å². The van der Waals surface area contributed by atoms with Gasteiger partial charge in [-0.3, -0.25) is 0 Å². The maximum absolute atomic E-state index is 12.5. The van der Waals surface area contributed by atoms with E-state index in [4.69, 9.17) is 16.3 Å². The highest BCUT2D eigenvalue weighted by molar-refractivity contribution is 7.91. The number of alkyl halides is 1. The first-order valence-corrected chi connectivity index (χ1v) is 8.38. The zero-order chi connectivity index (χ0) is 14.8. The second-order valence-electron chi connectivity index (χ2n) is 4.71. The van der Waals surface area contributed by atoms with Crippen molar-refractivity contribution in [2.75, 3.05) is 18.7 Å². The Morgan fingerprint density at radius 1 is 1.30 bits per heavy atom. The lowest BCUT2D eigenvalue weighted by atomic mass is 10.1. The molecule has 1 heterocycles. The summed E-state index contributed by atoms with van der Waals surface area (Å²) in [6.07, 6.45) is 1.49. The van der Waals surface area contributed by atoms with Crippen molar-refractivity contribution in [3.63, 3.8) is 0 Å². The molecule has 1 aromatic heterocycles. The van der Waals surface area contributed by atoms with Crippen molar-refractivity contribution in [3.8, 4) is 5.75 Å². The van der Waals surface area contributed by atoms with Crippen molar-refractivity contribution in [1.82, 2.24) is 4.98 Å². The Morgan fingerprint density at radius 3 is 2.70 bits per heavy atom. The van der Waals surface area contributed by atoms with Crippen molar-refractivity contribution >= 4 is 32.2 Å². The maximum Gasteiger partial charge on any atom is 0.196 e. The largest absolute Gasteiger partial charge is 0.496 e. The Balaban J connectivity index is 2.61. The van der Waals surface area contributed by atoms with E-state index in [2.05, 4.69) is 4.98 Å². The Kier molecular flexibility index (Phi) is 4.50. The minimum absolute atomic E-state index is 0.0141. The molecule has 0 bridgehead atoms. The number of aromatic nitrogens is 1. The fourth-order valence-electron chi connectivity index (χ4n) is 2.08. The Hall–Kier alpha value is -1.33. The van der Waals surface area contributed by atoms with E-state index in [-0.39, 0.29) is 16.7 Å². The molecule has 4 nitrogen and oxygen atoms in total. The summed E-state index contributed by atoms with van der Waals surface area (Å²) in [7, 11) is -1.92. The normalized spacial score (nSPS) is 13.3. The van der Waals surface area contributed by atoms with E-state index in [1.54, 1.807) is 38.3 Å². The predicted molar refractivity (Wildman–Crippen MR) is 80.2 cm³/mol. The van der Waals surface area contributed by atoms with Crippen molar-refractivity contribution in [2.45, 2.75) is 11.9 Å². The van der Waals surface area contributed by atoms with Gasteiger partial charge in [-0.05, 0) is 18.1 Å². The number of benzene rings is 1. The van der Waals surface area contributed by atoms with Gasteiger partial charge in [0, 0.05) is 22.8 Å². The number of hydrogen-bond donors (Lipinski definition) is 0. The molecule has 0 aliphatic carbocycles. The summed E-state index contributed by atoms with van der Waals surface area (Å²) in [5.74, 6) is 0.795. The lowest BCUT2D eigenvalue weighted by Gasteiger charge is -2.11. The van der Waals surface area contributed by atoms with Crippen molar-refractivity contribution in [3.05, 3.63) is 30.5 Å². The first kappa shape index (κ1) is 15.1. The Morgan fingerprint density at radius 2 is 2.05 bits per heavy atom. The van der Waals surface area contributed by atoms with Gasteiger partial charge < -0.3 is 4.74 Å². The molecule has 0 fully saturated rings. The summed E-state index contributed by atoms with van der Waals surface area (Å²) in [6, 6.07) is 7.04. The fraction of sp³-hybridized carbons (Fsp3) is 0.357. The second kappa shape index (κ2) is 5.97. The molecule has 0 aliphatic rings. The van der Waals surface area contributed by atoms with Crippen LogP contribution < -0.4 is 4.74 Å². The van der Waals surface area contributed by atoms with E-state index >= 15 is 0 Å². The first-order valence-electron chi connectivity index (χ1n) is 6.20. The van der Waals surface area contributed by atoms with Gasteiger partial charge in [0.15, 0.2) is 14.9 Å². The third-order valence-electron chi connectivity index (χ3n) is 3.01. The van der Waals surface area contributed by atoms with Gasteiger partial charge in [0.1, 0.15) is 5.75 Å². The number of fused-ring (bicyclic) bond motifs is 1. The number of methoxy groups -OCH3 is 1. The molecular formula is C14H16ClNO3S. The number of halogens is 1. The van der Waals surface area contributed by atoms with Crippen LogP contribution in [0.1, 0.15) is 6.92 Å². The molecule has 1 aromatic carbocycles. The van der Waals surface area contributed by atoms with Gasteiger partial charge in [-0.15, -0.1) is 11.6 Å². The Labute approximate surface area is 123 Å². The molecule has 0 amide bonds. The van der Waals surface area contributed by atoms with Gasteiger partial charge in [-0.1, -0.05) is 19.1 Å².